The van der Waals surface area contributed by atoms with Crippen LogP contribution in [0.3, 0.4) is 0 Å². The van der Waals surface area contributed by atoms with E-state index >= 15 is 0 Å². The highest BCUT2D eigenvalue weighted by molar-refractivity contribution is 5.92. The number of nitrogens with one attached hydrogen (secondary N) is 1. The highest BCUT2D eigenvalue weighted by atomic mass is 127. The number of rotatable bonds is 2. The normalized spacial score (nSPS) is 20.1. The molecule has 0 saturated carbocycles. The monoisotopic (exact) mass is 614 g/mol. The summed E-state index contributed by atoms with van der Waals surface area (Å²) in [6.45, 7) is 6.80. The second-order valence-corrected chi connectivity index (χ2v) is 10.3. The third-order valence-electron chi connectivity index (χ3n) is 8.39. The van der Waals surface area contributed by atoms with Gasteiger partial charge in [-0.15, -0.1) is 0 Å². The van der Waals surface area contributed by atoms with E-state index in [2.05, 4.69) is 128 Å². The van der Waals surface area contributed by atoms with E-state index < -0.39 is 0 Å². The van der Waals surface area contributed by atoms with Crippen LogP contribution in [-0.2, 0) is 0 Å². The van der Waals surface area contributed by atoms with Gasteiger partial charge in [-0.1, -0.05) is 42.5 Å². The number of fused-ring (bicyclic) bond motifs is 4. The zero-order valence-electron chi connectivity index (χ0n) is 22.3. The van der Waals surface area contributed by atoms with Gasteiger partial charge < -0.3 is 38.7 Å². The molecule has 38 heavy (non-hydrogen) atoms. The van der Waals surface area contributed by atoms with Crippen molar-refractivity contribution in [1.82, 2.24) is 9.97 Å². The molecule has 7 rings (SSSR count). The van der Waals surface area contributed by atoms with Crippen molar-refractivity contribution in [2.24, 2.45) is 0 Å². The molecule has 192 valence electrons. The first-order valence-electron chi connectivity index (χ1n) is 13.0. The number of benzene rings is 3. The van der Waals surface area contributed by atoms with Gasteiger partial charge in [0.1, 0.15) is 11.9 Å². The van der Waals surface area contributed by atoms with Gasteiger partial charge in [0.15, 0.2) is 23.5 Å². The Hall–Kier alpha value is -3.43. The summed E-state index contributed by atoms with van der Waals surface area (Å²) in [7, 11) is 4.29. The van der Waals surface area contributed by atoms with Gasteiger partial charge in [0.2, 0.25) is 0 Å². The lowest BCUT2D eigenvalue weighted by molar-refractivity contribution is -0.780. The zero-order chi connectivity index (χ0) is 25.4. The highest BCUT2D eigenvalue weighted by Gasteiger charge is 2.41. The minimum absolute atomic E-state index is 0. The Balaban J connectivity index is 0.00000264. The molecule has 3 aromatic carbocycles. The molecule has 2 aromatic heterocycles. The van der Waals surface area contributed by atoms with Crippen LogP contribution in [0.15, 0.2) is 78.9 Å². The molecule has 0 fully saturated rings. The molecule has 0 spiro atoms. The van der Waals surface area contributed by atoms with Crippen molar-refractivity contribution in [1.29, 1.82) is 0 Å². The van der Waals surface area contributed by atoms with Crippen molar-refractivity contribution in [3.05, 3.63) is 84.4 Å². The second-order valence-electron chi connectivity index (χ2n) is 10.3. The fourth-order valence-electron chi connectivity index (χ4n) is 6.14. The van der Waals surface area contributed by atoms with Crippen molar-refractivity contribution < 1.29 is 28.9 Å². The van der Waals surface area contributed by atoms with Gasteiger partial charge in [-0.25, -0.2) is 14.9 Å². The van der Waals surface area contributed by atoms with E-state index in [4.69, 9.17) is 9.97 Å². The summed E-state index contributed by atoms with van der Waals surface area (Å²) in [6.07, 6.45) is 0.379. The van der Waals surface area contributed by atoms with Crippen molar-refractivity contribution in [3.8, 4) is 0 Å². The van der Waals surface area contributed by atoms with Crippen LogP contribution in [0, 0.1) is 6.92 Å². The number of hydrogen-bond acceptors (Lipinski definition) is 5. The number of pyridine rings is 2. The van der Waals surface area contributed by atoms with Crippen molar-refractivity contribution in [3.63, 3.8) is 0 Å². The molecule has 2 aliphatic rings. The largest absolute Gasteiger partial charge is 1.00 e. The van der Waals surface area contributed by atoms with Crippen LogP contribution in [0.1, 0.15) is 19.4 Å². The quantitative estimate of drug-likeness (QED) is 0.310. The Morgan fingerprint density at radius 1 is 0.684 bits per heavy atom. The van der Waals surface area contributed by atoms with Crippen LogP contribution in [0.25, 0.3) is 21.8 Å². The van der Waals surface area contributed by atoms with E-state index in [1.807, 2.05) is 0 Å². The summed E-state index contributed by atoms with van der Waals surface area (Å²) < 4.78 is 0. The van der Waals surface area contributed by atoms with Gasteiger partial charge in [0.05, 0.1) is 22.4 Å². The summed E-state index contributed by atoms with van der Waals surface area (Å²) in [4.78, 5) is 18.5. The molecule has 5 aromatic rings. The average Bonchev–Trinajstić information content (AvgIpc) is 3.30. The molecule has 4 heterocycles. The Labute approximate surface area is 240 Å². The summed E-state index contributed by atoms with van der Waals surface area (Å²) in [5.74, 6) is 2.08. The molecule has 3 atom stereocenters. The van der Waals surface area contributed by atoms with E-state index in [9.17, 15) is 0 Å². The van der Waals surface area contributed by atoms with E-state index in [0.29, 0.717) is 0 Å². The van der Waals surface area contributed by atoms with Crippen LogP contribution >= 0.6 is 0 Å². The van der Waals surface area contributed by atoms with Crippen LogP contribution in [-0.4, -0.2) is 36.4 Å². The molecule has 0 saturated heterocycles. The maximum atomic E-state index is 5.05. The number of halogens is 1. The predicted molar refractivity (Wildman–Crippen MR) is 153 cm³/mol. The maximum Gasteiger partial charge on any atom is 0.196 e. The summed E-state index contributed by atoms with van der Waals surface area (Å²) in [5, 5.41) is 2.34. The fourth-order valence-corrected chi connectivity index (χ4v) is 6.14. The van der Waals surface area contributed by atoms with Crippen molar-refractivity contribution in [2.45, 2.75) is 33.1 Å². The fraction of sp³-hybridized carbons (Fsp3) is 0.226. The van der Waals surface area contributed by atoms with E-state index in [0.717, 1.165) is 33.7 Å². The standard InChI is InChI=1S/C31H30N6.HI/c1-19-26(36-20(2)34(4)30-28(36)17-22-11-6-8-13-24(22)32-30)15-10-16-27(19)37-21(3)35(5)31-29(37)18-23-12-7-9-14-25(23)33-31;/h6-18,20-21H,1-5H3;1H/t20-,21+;. The van der Waals surface area contributed by atoms with Gasteiger partial charge in [-0.2, -0.15) is 0 Å². The first-order chi connectivity index (χ1) is 17.9. The lowest BCUT2D eigenvalue weighted by atomic mass is 10.1. The number of aromatic nitrogens is 2. The highest BCUT2D eigenvalue weighted by Crippen LogP contribution is 2.45. The number of nitrogens with zero attached hydrogens (tertiary/aromatic N) is 5. The lowest BCUT2D eigenvalue weighted by Gasteiger charge is -2.30. The molecule has 6 nitrogen and oxygen atoms in total. The number of quaternary nitrogens is 1. The third-order valence-corrected chi connectivity index (χ3v) is 8.39. The number of hydrogen-bond donors (Lipinski definition) is 1. The van der Waals surface area contributed by atoms with Gasteiger partial charge in [0, 0.05) is 43.4 Å². The second kappa shape index (κ2) is 9.10. The Morgan fingerprint density at radius 2 is 1.32 bits per heavy atom. The summed E-state index contributed by atoms with van der Waals surface area (Å²) in [5.41, 5.74) is 8.23. The summed E-state index contributed by atoms with van der Waals surface area (Å²) >= 11 is 0. The van der Waals surface area contributed by atoms with Crippen molar-refractivity contribution >= 4 is 56.2 Å². The van der Waals surface area contributed by atoms with Gasteiger partial charge in [-0.05, 0) is 44.2 Å². The smallest absolute Gasteiger partial charge is 0.196 e. The molecular weight excluding hydrogens is 583 g/mol. The maximum absolute atomic E-state index is 5.05. The van der Waals surface area contributed by atoms with Gasteiger partial charge >= 0.3 is 0 Å². The van der Waals surface area contributed by atoms with E-state index in [1.165, 1.54) is 32.9 Å². The van der Waals surface area contributed by atoms with Crippen LogP contribution in [0.2, 0.25) is 0 Å². The molecule has 1 N–H and O–H groups in total. The van der Waals surface area contributed by atoms with E-state index in [1.54, 1.807) is 0 Å². The minimum atomic E-state index is 0. The average molecular weight is 615 g/mol. The Bertz CT molecular complexity index is 1580. The first-order valence-corrected chi connectivity index (χ1v) is 13.0. The lowest BCUT2D eigenvalue weighted by Crippen LogP contribution is -3.06. The van der Waals surface area contributed by atoms with Crippen LogP contribution in [0.4, 0.5) is 34.4 Å². The van der Waals surface area contributed by atoms with Crippen molar-refractivity contribution in [2.75, 3.05) is 28.8 Å². The Kier molecular flexibility index (Phi) is 5.96. The molecule has 1 unspecified atom stereocenters. The Morgan fingerprint density at radius 3 is 2.03 bits per heavy atom. The third kappa shape index (κ3) is 3.48. The molecule has 2 aliphatic heterocycles. The molecule has 0 radical (unpaired) electrons. The molecule has 0 bridgehead atoms. The van der Waals surface area contributed by atoms with Crippen LogP contribution in [0.5, 0.6) is 0 Å². The van der Waals surface area contributed by atoms with Gasteiger partial charge in [-0.3, -0.25) is 0 Å². The van der Waals surface area contributed by atoms with E-state index in [-0.39, 0.29) is 36.3 Å². The van der Waals surface area contributed by atoms with Crippen LogP contribution < -0.4 is 43.6 Å². The molecule has 0 amide bonds. The van der Waals surface area contributed by atoms with Gasteiger partial charge in [0.25, 0.3) is 0 Å². The molecular formula is C31H31IN6. The summed E-state index contributed by atoms with van der Waals surface area (Å²) in [6, 6.07) is 28.1. The molecule has 0 aliphatic carbocycles. The number of anilines is 4. The number of para-hydroxylation sites is 2. The zero-order valence-corrected chi connectivity index (χ0v) is 24.4. The first kappa shape index (κ1) is 24.9. The minimum Gasteiger partial charge on any atom is -1.00 e. The SMILES string of the molecule is Cc1c(N2c3cc4ccccc4nc3N(C)[C@H]2C)cccc1[NH+]1c2cc3ccccc3nc2N(C)[C@@H]1C.[I-]. The topological polar surface area (TPSA) is 39.9 Å². The predicted octanol–water partition coefficient (Wildman–Crippen LogP) is 2.67. The molecule has 7 heteroatoms.